The van der Waals surface area contributed by atoms with Crippen molar-refractivity contribution < 1.29 is 14.4 Å². The highest BCUT2D eigenvalue weighted by Gasteiger charge is 2.32. The lowest BCUT2D eigenvalue weighted by atomic mass is 9.95. The van der Waals surface area contributed by atoms with Gasteiger partial charge in [0.2, 0.25) is 11.8 Å². The topological polar surface area (TPSA) is 120 Å². The Morgan fingerprint density at radius 1 is 1.00 bits per heavy atom. The molecule has 2 heterocycles. The molecule has 9 heteroatoms. The number of hydrogen-bond acceptors (Lipinski definition) is 4. The average Bonchev–Trinajstić information content (AvgIpc) is 3.34. The molecule has 1 aromatic heterocycles. The van der Waals surface area contributed by atoms with Crippen molar-refractivity contribution >= 4 is 46.7 Å². The zero-order chi connectivity index (χ0) is 27.6. The molecular weight excluding hydrogens is 526 g/mol. The van der Waals surface area contributed by atoms with Gasteiger partial charge in [0.05, 0.1) is 5.54 Å². The van der Waals surface area contributed by atoms with Crippen LogP contribution in [0.1, 0.15) is 40.9 Å². The largest absolute Gasteiger partial charge is 0.361 e. The maximum absolute atomic E-state index is 13.8. The van der Waals surface area contributed by atoms with Crippen LogP contribution in [-0.4, -0.2) is 45.7 Å². The molecule has 8 nitrogen and oxygen atoms in total. The van der Waals surface area contributed by atoms with E-state index in [0.717, 1.165) is 33.3 Å². The summed E-state index contributed by atoms with van der Waals surface area (Å²) < 4.78 is 0. The number of nitrogens with two attached hydrogens (primary N) is 1. The van der Waals surface area contributed by atoms with Crippen molar-refractivity contribution in [2.24, 2.45) is 5.73 Å². The van der Waals surface area contributed by atoms with Crippen LogP contribution >= 0.6 is 12.4 Å². The lowest BCUT2D eigenvalue weighted by molar-refractivity contribution is -0.138. The Morgan fingerprint density at radius 3 is 2.48 bits per heavy atom. The first-order valence-electron chi connectivity index (χ1n) is 13.1. The number of anilines is 1. The molecule has 5 rings (SSSR count). The fourth-order valence-electron chi connectivity index (χ4n) is 4.89. The molecule has 0 radical (unpaired) electrons. The predicted octanol–water partition coefficient (Wildman–Crippen LogP) is 4.19. The number of amides is 3. The fourth-order valence-corrected chi connectivity index (χ4v) is 4.89. The highest BCUT2D eigenvalue weighted by molar-refractivity contribution is 6.04. The minimum Gasteiger partial charge on any atom is -0.361 e. The third-order valence-electron chi connectivity index (χ3n) is 7.11. The Kier molecular flexibility index (Phi) is 8.61. The maximum atomic E-state index is 13.8. The van der Waals surface area contributed by atoms with Crippen molar-refractivity contribution in [3.63, 3.8) is 0 Å². The third-order valence-corrected chi connectivity index (χ3v) is 7.11. The van der Waals surface area contributed by atoms with E-state index in [-0.39, 0.29) is 30.1 Å². The summed E-state index contributed by atoms with van der Waals surface area (Å²) in [6.45, 7) is 4.14. The molecule has 0 saturated heterocycles. The lowest BCUT2D eigenvalue weighted by Gasteiger charge is -2.33. The number of nitrogens with zero attached hydrogens (tertiary/aromatic N) is 1. The summed E-state index contributed by atoms with van der Waals surface area (Å²) in [6, 6.07) is 22.0. The van der Waals surface area contributed by atoms with Crippen LogP contribution in [-0.2, 0) is 29.0 Å². The van der Waals surface area contributed by atoms with Crippen LogP contribution in [0, 0.1) is 0 Å². The maximum Gasteiger partial charge on any atom is 0.255 e. The summed E-state index contributed by atoms with van der Waals surface area (Å²) in [4.78, 5) is 44.4. The van der Waals surface area contributed by atoms with E-state index in [0.29, 0.717) is 31.5 Å². The first-order valence-corrected chi connectivity index (χ1v) is 13.1. The Hall–Kier alpha value is -4.14. The van der Waals surface area contributed by atoms with E-state index in [1.807, 2.05) is 72.9 Å². The number of carbonyl (C=O) groups is 3. The van der Waals surface area contributed by atoms with E-state index in [9.17, 15) is 14.4 Å². The molecular formula is C31H34ClN5O3. The molecule has 0 fully saturated rings. The Bertz CT molecular complexity index is 1530. The molecule has 1 aliphatic heterocycles. The van der Waals surface area contributed by atoms with Crippen molar-refractivity contribution in [2.75, 3.05) is 11.9 Å². The quantitative estimate of drug-likeness (QED) is 0.271. The molecule has 208 valence electrons. The van der Waals surface area contributed by atoms with E-state index >= 15 is 0 Å². The summed E-state index contributed by atoms with van der Waals surface area (Å²) in [5.74, 6) is -0.713. The molecule has 1 aliphatic rings. The van der Waals surface area contributed by atoms with Gasteiger partial charge in [-0.05, 0) is 67.3 Å². The van der Waals surface area contributed by atoms with E-state index in [1.54, 1.807) is 24.8 Å². The van der Waals surface area contributed by atoms with Gasteiger partial charge in [0.1, 0.15) is 6.04 Å². The third kappa shape index (κ3) is 6.35. The van der Waals surface area contributed by atoms with Gasteiger partial charge in [-0.25, -0.2) is 0 Å². The summed E-state index contributed by atoms with van der Waals surface area (Å²) in [5.41, 5.74) is 10.2. The average molecular weight is 560 g/mol. The van der Waals surface area contributed by atoms with Gasteiger partial charge in [-0.3, -0.25) is 14.4 Å². The van der Waals surface area contributed by atoms with E-state index < -0.39 is 11.6 Å². The standard InChI is InChI=1S/C31H33N5O3.ClH/c1-31(2,32)30(39)35-27(17-23-18-33-26-11-7-6-10-25(23)26)29(38)36-15-14-20-16-21(12-13-22(20)19-36)28(37)34-24-8-4-3-5-9-24;/h3-13,16,18,27,33H,14-15,17,19,32H2,1-2H3,(H,34,37)(H,35,39);1H/t27-;/m1./s1. The van der Waals surface area contributed by atoms with Crippen LogP contribution in [0.25, 0.3) is 10.9 Å². The molecule has 3 aromatic carbocycles. The lowest BCUT2D eigenvalue weighted by Crippen LogP contribution is -2.57. The Labute approximate surface area is 239 Å². The van der Waals surface area contributed by atoms with Crippen molar-refractivity contribution in [1.29, 1.82) is 0 Å². The number of rotatable bonds is 7. The van der Waals surface area contributed by atoms with E-state index in [4.69, 9.17) is 5.73 Å². The van der Waals surface area contributed by atoms with Crippen LogP contribution in [0.4, 0.5) is 5.69 Å². The number of para-hydroxylation sites is 2. The number of nitrogens with one attached hydrogen (secondary N) is 3. The van der Waals surface area contributed by atoms with Crippen LogP contribution in [0.5, 0.6) is 0 Å². The minimum atomic E-state index is -1.12. The zero-order valence-electron chi connectivity index (χ0n) is 22.6. The van der Waals surface area contributed by atoms with Crippen molar-refractivity contribution in [3.8, 4) is 0 Å². The molecule has 5 N–H and O–H groups in total. The first-order chi connectivity index (χ1) is 18.7. The number of carbonyl (C=O) groups excluding carboxylic acids is 3. The van der Waals surface area contributed by atoms with Crippen LogP contribution < -0.4 is 16.4 Å². The van der Waals surface area contributed by atoms with Crippen molar-refractivity contribution in [3.05, 3.63) is 101 Å². The van der Waals surface area contributed by atoms with Gasteiger partial charge in [-0.2, -0.15) is 0 Å². The number of aromatic nitrogens is 1. The zero-order valence-corrected chi connectivity index (χ0v) is 23.4. The molecule has 3 amide bonds. The number of aromatic amines is 1. The molecule has 0 unspecified atom stereocenters. The van der Waals surface area contributed by atoms with Gasteiger partial charge in [0, 0.05) is 47.9 Å². The number of fused-ring (bicyclic) bond motifs is 2. The molecule has 1 atom stereocenters. The van der Waals surface area contributed by atoms with Crippen LogP contribution in [0.2, 0.25) is 0 Å². The minimum absolute atomic E-state index is 0. The highest BCUT2D eigenvalue weighted by Crippen LogP contribution is 2.24. The molecule has 0 bridgehead atoms. The fraction of sp³-hybridized carbons (Fsp3) is 0.258. The highest BCUT2D eigenvalue weighted by atomic mass is 35.5. The van der Waals surface area contributed by atoms with Crippen molar-refractivity contribution in [2.45, 2.75) is 44.8 Å². The summed E-state index contributed by atoms with van der Waals surface area (Å²) in [7, 11) is 0. The van der Waals surface area contributed by atoms with Gasteiger partial charge in [0.25, 0.3) is 5.91 Å². The first kappa shape index (κ1) is 28.9. The molecule has 4 aromatic rings. The van der Waals surface area contributed by atoms with Gasteiger partial charge < -0.3 is 26.3 Å². The molecule has 0 spiro atoms. The van der Waals surface area contributed by atoms with Gasteiger partial charge in [-0.15, -0.1) is 12.4 Å². The second kappa shape index (κ2) is 11.9. The number of hydrogen-bond donors (Lipinski definition) is 4. The van der Waals surface area contributed by atoms with E-state index in [1.165, 1.54) is 0 Å². The number of H-pyrrole nitrogens is 1. The van der Waals surface area contributed by atoms with Crippen molar-refractivity contribution in [1.82, 2.24) is 15.2 Å². The Morgan fingerprint density at radius 2 is 1.73 bits per heavy atom. The number of benzene rings is 3. The number of halogens is 1. The van der Waals surface area contributed by atoms with Gasteiger partial charge in [-0.1, -0.05) is 42.5 Å². The van der Waals surface area contributed by atoms with Gasteiger partial charge >= 0.3 is 0 Å². The second-order valence-electron chi connectivity index (χ2n) is 10.6. The molecule has 0 aliphatic carbocycles. The normalized spacial score (nSPS) is 13.6. The van der Waals surface area contributed by atoms with Crippen LogP contribution in [0.3, 0.4) is 0 Å². The summed E-state index contributed by atoms with van der Waals surface area (Å²) in [6.07, 6.45) is 2.84. The van der Waals surface area contributed by atoms with E-state index in [2.05, 4.69) is 15.6 Å². The Balaban J connectivity index is 0.00000370. The summed E-state index contributed by atoms with van der Waals surface area (Å²) in [5, 5.41) is 6.84. The molecule has 40 heavy (non-hydrogen) atoms. The molecule has 0 saturated carbocycles. The predicted molar refractivity (Wildman–Crippen MR) is 159 cm³/mol. The summed E-state index contributed by atoms with van der Waals surface area (Å²) >= 11 is 0. The monoisotopic (exact) mass is 559 g/mol. The second-order valence-corrected chi connectivity index (χ2v) is 10.6. The SMILES string of the molecule is CC(C)(N)C(=O)N[C@H](Cc1c[nH]c2ccccc12)C(=O)N1CCc2cc(C(=O)Nc3ccccc3)ccc2C1.Cl. The van der Waals surface area contributed by atoms with Crippen LogP contribution in [0.15, 0.2) is 79.0 Å². The van der Waals surface area contributed by atoms with Gasteiger partial charge in [0.15, 0.2) is 0 Å². The smallest absolute Gasteiger partial charge is 0.255 e.